The standard InChI is InChI=1S/C6H8FN/c1-4-6(7)8-5(2)3/h4H,1-2H2,3H3. The van der Waals surface area contributed by atoms with E-state index in [0.717, 1.165) is 6.08 Å². The van der Waals surface area contributed by atoms with E-state index in [-0.39, 0.29) is 0 Å². The molecule has 1 nitrogen and oxygen atoms in total. The third-order valence-electron chi connectivity index (χ3n) is 0.466. The smallest absolute Gasteiger partial charge is 0.212 e. The van der Waals surface area contributed by atoms with Crippen molar-refractivity contribution in [3.8, 4) is 0 Å². The molecule has 0 fully saturated rings. The Morgan fingerprint density at radius 2 is 2.25 bits per heavy atom. The lowest BCUT2D eigenvalue weighted by Gasteiger charge is -1.83. The minimum atomic E-state index is -0.586. The number of rotatable bonds is 2. The van der Waals surface area contributed by atoms with E-state index >= 15 is 0 Å². The highest BCUT2D eigenvalue weighted by Gasteiger charge is 1.83. The molecule has 0 N–H and O–H groups in total. The zero-order chi connectivity index (χ0) is 6.57. The molecule has 44 valence electrons. The van der Waals surface area contributed by atoms with Crippen LogP contribution in [0.4, 0.5) is 4.39 Å². The van der Waals surface area contributed by atoms with Crippen molar-refractivity contribution in [2.75, 3.05) is 0 Å². The fraction of sp³-hybridized carbons (Fsp3) is 0.167. The van der Waals surface area contributed by atoms with Crippen molar-refractivity contribution in [2.24, 2.45) is 4.99 Å². The van der Waals surface area contributed by atoms with E-state index in [1.165, 1.54) is 0 Å². The van der Waals surface area contributed by atoms with Gasteiger partial charge in [-0.3, -0.25) is 0 Å². The van der Waals surface area contributed by atoms with Crippen LogP contribution in [0.2, 0.25) is 0 Å². The summed E-state index contributed by atoms with van der Waals surface area (Å²) >= 11 is 0. The largest absolute Gasteiger partial charge is 0.226 e. The zero-order valence-electron chi connectivity index (χ0n) is 4.82. The van der Waals surface area contributed by atoms with E-state index in [4.69, 9.17) is 0 Å². The van der Waals surface area contributed by atoms with Gasteiger partial charge >= 0.3 is 0 Å². The van der Waals surface area contributed by atoms with Gasteiger partial charge in [-0.1, -0.05) is 13.2 Å². The maximum Gasteiger partial charge on any atom is 0.212 e. The van der Waals surface area contributed by atoms with Crippen LogP contribution in [0.15, 0.2) is 29.9 Å². The second-order valence-electron chi connectivity index (χ2n) is 1.37. The number of hydrogen-bond acceptors (Lipinski definition) is 1. The van der Waals surface area contributed by atoms with E-state index in [9.17, 15) is 4.39 Å². The van der Waals surface area contributed by atoms with Crippen molar-refractivity contribution < 1.29 is 4.39 Å². The summed E-state index contributed by atoms with van der Waals surface area (Å²) in [5, 5.41) is 0. The van der Waals surface area contributed by atoms with Crippen LogP contribution >= 0.6 is 0 Å². The summed E-state index contributed by atoms with van der Waals surface area (Å²) in [5.74, 6) is -0.586. The predicted molar refractivity (Wildman–Crippen MR) is 33.6 cm³/mol. The van der Waals surface area contributed by atoms with E-state index in [1.807, 2.05) is 0 Å². The van der Waals surface area contributed by atoms with Gasteiger partial charge in [-0.2, -0.15) is 4.39 Å². The maximum atomic E-state index is 12.0. The lowest BCUT2D eigenvalue weighted by atomic mass is 10.6. The molecule has 0 unspecified atom stereocenters. The number of allylic oxidation sites excluding steroid dienone is 2. The van der Waals surface area contributed by atoms with Crippen LogP contribution in [-0.2, 0) is 0 Å². The lowest BCUT2D eigenvalue weighted by molar-refractivity contribution is 0.810. The normalized spacial score (nSPS) is 11.0. The molecule has 0 radical (unpaired) electrons. The molecule has 8 heavy (non-hydrogen) atoms. The summed E-state index contributed by atoms with van der Waals surface area (Å²) in [5.41, 5.74) is 0.447. The Kier molecular flexibility index (Phi) is 2.77. The second-order valence-corrected chi connectivity index (χ2v) is 1.37. The summed E-state index contributed by atoms with van der Waals surface area (Å²) in [6.45, 7) is 8.15. The SMILES string of the molecule is C=CC(F)=NC(=C)C. The molecule has 0 aromatic heterocycles. The van der Waals surface area contributed by atoms with Crippen LogP contribution in [-0.4, -0.2) is 5.97 Å². The molecule has 0 aromatic rings. The number of hydrogen-bond donors (Lipinski definition) is 0. The Hall–Kier alpha value is -0.920. The third kappa shape index (κ3) is 3.28. The van der Waals surface area contributed by atoms with Crippen LogP contribution in [0.3, 0.4) is 0 Å². The average Bonchev–Trinajstić information content (AvgIpc) is 1.65. The maximum absolute atomic E-state index is 12.0. The van der Waals surface area contributed by atoms with Gasteiger partial charge in [-0.15, -0.1) is 0 Å². The van der Waals surface area contributed by atoms with Crippen molar-refractivity contribution in [1.29, 1.82) is 0 Å². The Morgan fingerprint density at radius 3 is 2.38 bits per heavy atom. The van der Waals surface area contributed by atoms with Gasteiger partial charge in [0.05, 0.1) is 0 Å². The van der Waals surface area contributed by atoms with Crippen molar-refractivity contribution in [3.63, 3.8) is 0 Å². The van der Waals surface area contributed by atoms with Crippen molar-refractivity contribution >= 4 is 5.97 Å². The molecule has 0 amide bonds. The Labute approximate surface area is 48.2 Å². The highest BCUT2D eigenvalue weighted by Crippen LogP contribution is 1.91. The predicted octanol–water partition coefficient (Wildman–Crippen LogP) is 2.07. The number of nitrogens with zero attached hydrogens (tertiary/aromatic N) is 1. The quantitative estimate of drug-likeness (QED) is 0.486. The van der Waals surface area contributed by atoms with E-state index in [1.54, 1.807) is 6.92 Å². The van der Waals surface area contributed by atoms with Gasteiger partial charge in [0.25, 0.3) is 0 Å². The van der Waals surface area contributed by atoms with Crippen LogP contribution in [0.1, 0.15) is 6.92 Å². The van der Waals surface area contributed by atoms with E-state index in [2.05, 4.69) is 18.2 Å². The Bertz CT molecular complexity index is 135. The molecule has 2 heteroatoms. The minimum Gasteiger partial charge on any atom is -0.226 e. The first-order chi connectivity index (χ1) is 3.66. The molecule has 0 saturated carbocycles. The molecule has 0 spiro atoms. The van der Waals surface area contributed by atoms with Crippen LogP contribution in [0.25, 0.3) is 0 Å². The molecule has 0 bridgehead atoms. The Balaban J connectivity index is 3.94. The first-order valence-corrected chi connectivity index (χ1v) is 2.19. The highest BCUT2D eigenvalue weighted by molar-refractivity contribution is 5.86. The summed E-state index contributed by atoms with van der Waals surface area (Å²) in [6.07, 6.45) is 1.04. The van der Waals surface area contributed by atoms with Crippen molar-refractivity contribution in [2.45, 2.75) is 6.92 Å². The topological polar surface area (TPSA) is 12.4 Å². The zero-order valence-corrected chi connectivity index (χ0v) is 4.82. The molecule has 0 aliphatic heterocycles. The minimum absolute atomic E-state index is 0.447. The van der Waals surface area contributed by atoms with Crippen LogP contribution in [0, 0.1) is 0 Å². The van der Waals surface area contributed by atoms with E-state index in [0.29, 0.717) is 5.70 Å². The van der Waals surface area contributed by atoms with Gasteiger partial charge in [0, 0.05) is 5.70 Å². The van der Waals surface area contributed by atoms with E-state index < -0.39 is 5.97 Å². The average molecular weight is 113 g/mol. The molecule has 0 aliphatic rings. The van der Waals surface area contributed by atoms with Gasteiger partial charge in [-0.05, 0) is 13.0 Å². The molecular formula is C6H8FN. The second kappa shape index (κ2) is 3.13. The third-order valence-corrected chi connectivity index (χ3v) is 0.466. The summed E-state index contributed by atoms with van der Waals surface area (Å²) in [7, 11) is 0. The fourth-order valence-corrected chi connectivity index (χ4v) is 0.228. The molecule has 0 aromatic carbocycles. The summed E-state index contributed by atoms with van der Waals surface area (Å²) in [6, 6.07) is 0. The van der Waals surface area contributed by atoms with Crippen LogP contribution in [0.5, 0.6) is 0 Å². The first kappa shape index (κ1) is 7.08. The molecule has 0 heterocycles. The van der Waals surface area contributed by atoms with Crippen molar-refractivity contribution in [1.82, 2.24) is 0 Å². The lowest BCUT2D eigenvalue weighted by Crippen LogP contribution is -1.78. The first-order valence-electron chi connectivity index (χ1n) is 2.19. The fourth-order valence-electron chi connectivity index (χ4n) is 0.228. The summed E-state index contributed by atoms with van der Waals surface area (Å²) < 4.78 is 12.0. The molecule has 0 saturated heterocycles. The summed E-state index contributed by atoms with van der Waals surface area (Å²) in [4.78, 5) is 3.33. The highest BCUT2D eigenvalue weighted by atomic mass is 19.1. The molecule has 0 rings (SSSR count). The molecule has 0 atom stereocenters. The Morgan fingerprint density at radius 1 is 1.75 bits per heavy atom. The van der Waals surface area contributed by atoms with Gasteiger partial charge in [0.15, 0.2) is 0 Å². The van der Waals surface area contributed by atoms with Crippen molar-refractivity contribution in [3.05, 3.63) is 24.9 Å². The number of halogens is 1. The molecular weight excluding hydrogens is 105 g/mol. The number of aliphatic imine (C=N–C) groups is 1. The molecule has 0 aliphatic carbocycles. The van der Waals surface area contributed by atoms with Gasteiger partial charge < -0.3 is 0 Å². The van der Waals surface area contributed by atoms with Crippen LogP contribution < -0.4 is 0 Å². The monoisotopic (exact) mass is 113 g/mol. The van der Waals surface area contributed by atoms with Gasteiger partial charge in [-0.25, -0.2) is 4.99 Å². The van der Waals surface area contributed by atoms with Gasteiger partial charge in [0.2, 0.25) is 5.97 Å². The van der Waals surface area contributed by atoms with Gasteiger partial charge in [0.1, 0.15) is 0 Å².